The Morgan fingerprint density at radius 3 is 2.80 bits per heavy atom. The second kappa shape index (κ2) is 5.29. The summed E-state index contributed by atoms with van der Waals surface area (Å²) in [5.41, 5.74) is 1.09. The van der Waals surface area contributed by atoms with Gasteiger partial charge in [-0.2, -0.15) is 0 Å². The van der Waals surface area contributed by atoms with Crippen LogP contribution in [0.5, 0.6) is 0 Å². The van der Waals surface area contributed by atoms with E-state index >= 15 is 0 Å². The molecule has 1 aromatic carbocycles. The number of benzene rings is 1. The van der Waals surface area contributed by atoms with Crippen LogP contribution in [0.4, 0.5) is 14.5 Å². The van der Waals surface area contributed by atoms with Gasteiger partial charge in [0.1, 0.15) is 0 Å². The first kappa shape index (κ1) is 11.4. The summed E-state index contributed by atoms with van der Waals surface area (Å²) < 4.78 is 23.7. The van der Waals surface area contributed by atoms with Crippen LogP contribution in [0.15, 0.2) is 24.3 Å². The number of carboxylic acids is 1. The highest BCUT2D eigenvalue weighted by atomic mass is 19.3. The molecule has 0 aliphatic rings. The smallest absolute Gasteiger partial charge is 0.307 e. The molecule has 1 rings (SSSR count). The number of rotatable bonds is 5. The predicted octanol–water partition coefficient (Wildman–Crippen LogP) is 1.99. The third-order valence-corrected chi connectivity index (χ3v) is 1.74. The fourth-order valence-electron chi connectivity index (χ4n) is 1.16. The van der Waals surface area contributed by atoms with Crippen molar-refractivity contribution < 1.29 is 18.7 Å². The van der Waals surface area contributed by atoms with Crippen molar-refractivity contribution in [3.05, 3.63) is 29.8 Å². The molecule has 0 saturated heterocycles. The predicted molar refractivity (Wildman–Crippen MR) is 52.3 cm³/mol. The Hall–Kier alpha value is -1.65. The molecule has 0 bridgehead atoms. The standard InChI is InChI=1S/C10H11F2NO2/c11-9(12)6-13-8-3-1-2-7(4-8)5-10(14)15/h1-4,9,13H,5-6H2,(H,14,15). The van der Waals surface area contributed by atoms with Crippen molar-refractivity contribution in [2.75, 3.05) is 11.9 Å². The van der Waals surface area contributed by atoms with Crippen LogP contribution in [0.2, 0.25) is 0 Å². The van der Waals surface area contributed by atoms with Gasteiger partial charge in [-0.25, -0.2) is 8.78 Å². The molecule has 0 aromatic heterocycles. The molecular weight excluding hydrogens is 204 g/mol. The molecule has 2 N–H and O–H groups in total. The number of halogens is 2. The molecule has 0 heterocycles. The first-order chi connectivity index (χ1) is 7.08. The Bertz CT molecular complexity index is 342. The van der Waals surface area contributed by atoms with Crippen LogP contribution < -0.4 is 5.32 Å². The minimum absolute atomic E-state index is 0.107. The second-order valence-corrected chi connectivity index (χ2v) is 3.04. The summed E-state index contributed by atoms with van der Waals surface area (Å²) in [6, 6.07) is 6.44. The van der Waals surface area contributed by atoms with Crippen molar-refractivity contribution in [1.82, 2.24) is 0 Å². The maximum absolute atomic E-state index is 11.9. The number of hydrogen-bond acceptors (Lipinski definition) is 2. The van der Waals surface area contributed by atoms with Gasteiger partial charge in [0.05, 0.1) is 13.0 Å². The van der Waals surface area contributed by atoms with Crippen molar-refractivity contribution in [3.8, 4) is 0 Å². The molecule has 0 aliphatic heterocycles. The summed E-state index contributed by atoms with van der Waals surface area (Å²) in [6.07, 6.45) is -2.53. The summed E-state index contributed by atoms with van der Waals surface area (Å²) in [5.74, 6) is -0.944. The van der Waals surface area contributed by atoms with Gasteiger partial charge in [0, 0.05) is 5.69 Å². The minimum atomic E-state index is -2.42. The van der Waals surface area contributed by atoms with Crippen molar-refractivity contribution in [3.63, 3.8) is 0 Å². The minimum Gasteiger partial charge on any atom is -0.481 e. The highest BCUT2D eigenvalue weighted by Crippen LogP contribution is 2.11. The number of anilines is 1. The second-order valence-electron chi connectivity index (χ2n) is 3.04. The van der Waals surface area contributed by atoms with Crippen LogP contribution in [0.25, 0.3) is 0 Å². The molecule has 0 saturated carbocycles. The molecule has 0 aliphatic carbocycles. The lowest BCUT2D eigenvalue weighted by Crippen LogP contribution is -2.10. The van der Waals surface area contributed by atoms with Gasteiger partial charge in [-0.05, 0) is 17.7 Å². The van der Waals surface area contributed by atoms with Gasteiger partial charge in [-0.15, -0.1) is 0 Å². The van der Waals surface area contributed by atoms with E-state index in [9.17, 15) is 13.6 Å². The van der Waals surface area contributed by atoms with Gasteiger partial charge >= 0.3 is 5.97 Å². The van der Waals surface area contributed by atoms with Gasteiger partial charge in [0.25, 0.3) is 6.43 Å². The molecule has 82 valence electrons. The van der Waals surface area contributed by atoms with E-state index in [1.54, 1.807) is 24.3 Å². The Morgan fingerprint density at radius 1 is 1.47 bits per heavy atom. The Labute approximate surface area is 85.7 Å². The highest BCUT2D eigenvalue weighted by molar-refractivity contribution is 5.70. The van der Waals surface area contributed by atoms with Crippen molar-refractivity contribution in [2.45, 2.75) is 12.8 Å². The first-order valence-electron chi connectivity index (χ1n) is 4.40. The van der Waals surface area contributed by atoms with Gasteiger partial charge in [0.2, 0.25) is 0 Å². The molecular formula is C10H11F2NO2. The van der Waals surface area contributed by atoms with E-state index in [0.717, 1.165) is 0 Å². The first-order valence-corrected chi connectivity index (χ1v) is 4.40. The lowest BCUT2D eigenvalue weighted by atomic mass is 10.1. The lowest BCUT2D eigenvalue weighted by Gasteiger charge is -2.06. The van der Waals surface area contributed by atoms with Crippen LogP contribution >= 0.6 is 0 Å². The molecule has 15 heavy (non-hydrogen) atoms. The maximum atomic E-state index is 11.9. The van der Waals surface area contributed by atoms with E-state index in [0.29, 0.717) is 11.3 Å². The van der Waals surface area contributed by atoms with Gasteiger partial charge in [0.15, 0.2) is 0 Å². The van der Waals surface area contributed by atoms with Crippen LogP contribution in [0.1, 0.15) is 5.56 Å². The Balaban J connectivity index is 2.61. The molecule has 0 amide bonds. The maximum Gasteiger partial charge on any atom is 0.307 e. The normalized spacial score (nSPS) is 10.3. The fourth-order valence-corrected chi connectivity index (χ4v) is 1.16. The van der Waals surface area contributed by atoms with E-state index in [-0.39, 0.29) is 6.42 Å². The van der Waals surface area contributed by atoms with Gasteiger partial charge < -0.3 is 10.4 Å². The molecule has 3 nitrogen and oxygen atoms in total. The molecule has 0 fully saturated rings. The highest BCUT2D eigenvalue weighted by Gasteiger charge is 2.03. The van der Waals surface area contributed by atoms with E-state index in [4.69, 9.17) is 5.11 Å². The molecule has 0 radical (unpaired) electrons. The summed E-state index contributed by atoms with van der Waals surface area (Å²) in [4.78, 5) is 10.4. The van der Waals surface area contributed by atoms with Gasteiger partial charge in [-0.3, -0.25) is 4.79 Å². The van der Waals surface area contributed by atoms with Crippen molar-refractivity contribution >= 4 is 11.7 Å². The van der Waals surface area contributed by atoms with Crippen LogP contribution in [0, 0.1) is 0 Å². The SMILES string of the molecule is O=C(O)Cc1cccc(NCC(F)F)c1. The van der Waals surface area contributed by atoms with E-state index in [2.05, 4.69) is 5.32 Å². The molecule has 5 heteroatoms. The topological polar surface area (TPSA) is 49.3 Å². The summed E-state index contributed by atoms with van der Waals surface area (Å²) in [7, 11) is 0. The van der Waals surface area contributed by atoms with E-state index < -0.39 is 18.9 Å². The quantitative estimate of drug-likeness (QED) is 0.789. The summed E-state index contributed by atoms with van der Waals surface area (Å²) >= 11 is 0. The molecule has 0 spiro atoms. The number of carboxylic acid groups (broad SMARTS) is 1. The fraction of sp³-hybridized carbons (Fsp3) is 0.300. The number of nitrogens with one attached hydrogen (secondary N) is 1. The zero-order valence-corrected chi connectivity index (χ0v) is 7.91. The average Bonchev–Trinajstić information content (AvgIpc) is 2.14. The monoisotopic (exact) mass is 215 g/mol. The Kier molecular flexibility index (Phi) is 4.03. The zero-order valence-electron chi connectivity index (χ0n) is 7.91. The van der Waals surface area contributed by atoms with E-state index in [1.807, 2.05) is 0 Å². The Morgan fingerprint density at radius 2 is 2.20 bits per heavy atom. The number of carbonyl (C=O) groups is 1. The van der Waals surface area contributed by atoms with Crippen LogP contribution in [0.3, 0.4) is 0 Å². The average molecular weight is 215 g/mol. The van der Waals surface area contributed by atoms with Crippen LogP contribution in [-0.4, -0.2) is 24.0 Å². The van der Waals surface area contributed by atoms with E-state index in [1.165, 1.54) is 0 Å². The zero-order chi connectivity index (χ0) is 11.3. The molecule has 0 atom stereocenters. The third kappa shape index (κ3) is 4.39. The van der Waals surface area contributed by atoms with Crippen molar-refractivity contribution in [2.24, 2.45) is 0 Å². The lowest BCUT2D eigenvalue weighted by molar-refractivity contribution is -0.136. The summed E-state index contributed by atoms with van der Waals surface area (Å²) in [5, 5.41) is 11.1. The summed E-state index contributed by atoms with van der Waals surface area (Å²) in [6.45, 7) is -0.434. The molecule has 0 unspecified atom stereocenters. The van der Waals surface area contributed by atoms with Crippen molar-refractivity contribution in [1.29, 1.82) is 0 Å². The number of alkyl halides is 2. The number of aliphatic carboxylic acids is 1. The number of hydrogen-bond donors (Lipinski definition) is 2. The van der Waals surface area contributed by atoms with Gasteiger partial charge in [-0.1, -0.05) is 12.1 Å². The largest absolute Gasteiger partial charge is 0.481 e. The third-order valence-electron chi connectivity index (χ3n) is 1.74. The molecule has 1 aromatic rings. The van der Waals surface area contributed by atoms with Crippen LogP contribution in [-0.2, 0) is 11.2 Å².